The minimum atomic E-state index is -2.87. The summed E-state index contributed by atoms with van der Waals surface area (Å²) in [5, 5.41) is 3.27. The van der Waals surface area contributed by atoms with Crippen molar-refractivity contribution in [1.29, 1.82) is 0 Å². The first-order valence-corrected chi connectivity index (χ1v) is 9.78. The fourth-order valence-corrected chi connectivity index (χ4v) is 3.35. The van der Waals surface area contributed by atoms with Crippen LogP contribution in [0.3, 0.4) is 0 Å². The summed E-state index contributed by atoms with van der Waals surface area (Å²) in [6, 6.07) is 10.9. The predicted octanol–water partition coefficient (Wildman–Crippen LogP) is 4.93. The van der Waals surface area contributed by atoms with E-state index < -0.39 is 24.1 Å². The van der Waals surface area contributed by atoms with E-state index in [2.05, 4.69) is 5.32 Å². The second-order valence-corrected chi connectivity index (χ2v) is 7.34. The number of rotatable bonds is 8. The van der Waals surface area contributed by atoms with Gasteiger partial charge in [-0.1, -0.05) is 18.2 Å². The van der Waals surface area contributed by atoms with Crippen molar-refractivity contribution >= 4 is 35.3 Å². The summed E-state index contributed by atoms with van der Waals surface area (Å²) in [7, 11) is 5.08. The van der Waals surface area contributed by atoms with Gasteiger partial charge in [0.25, 0.3) is 12.3 Å². The van der Waals surface area contributed by atoms with Gasteiger partial charge in [0.15, 0.2) is 5.76 Å². The van der Waals surface area contributed by atoms with Crippen LogP contribution < -0.4 is 5.32 Å². The number of furan rings is 1. The number of alkyl halides is 2. The van der Waals surface area contributed by atoms with Gasteiger partial charge < -0.3 is 19.4 Å². The van der Waals surface area contributed by atoms with Gasteiger partial charge >= 0.3 is 5.97 Å². The summed E-state index contributed by atoms with van der Waals surface area (Å²) in [6.45, 7) is 1.23. The molecule has 3 aromatic rings. The molecule has 2 aromatic carbocycles. The number of amides is 1. The average molecular weight is 467 g/mol. The standard InChI is InChI=1S/C23H24F2N2O4.ClH/c1-27(2)10-6-9-26-22(28)15-11-14(12-16(13-15)23(29)30-3)19-17-7-4-5-8-18(17)31-20(19)21(24)25;/h4-5,7-8,11-13,21H,6,9-10H2,1-3H3,(H,26,28);1H. The van der Waals surface area contributed by atoms with Gasteiger partial charge in [0.2, 0.25) is 0 Å². The monoisotopic (exact) mass is 466 g/mol. The van der Waals surface area contributed by atoms with Crippen molar-refractivity contribution in [2.45, 2.75) is 12.8 Å². The molecule has 0 radical (unpaired) electrons. The Morgan fingerprint density at radius 3 is 2.47 bits per heavy atom. The molecule has 0 saturated carbocycles. The fourth-order valence-electron chi connectivity index (χ4n) is 3.35. The Kier molecular flexibility index (Phi) is 8.74. The lowest BCUT2D eigenvalue weighted by Gasteiger charge is -2.12. The van der Waals surface area contributed by atoms with Crippen molar-refractivity contribution in [2.24, 2.45) is 0 Å². The third kappa shape index (κ3) is 5.63. The van der Waals surface area contributed by atoms with Crippen LogP contribution in [-0.4, -0.2) is 51.1 Å². The molecule has 6 nitrogen and oxygen atoms in total. The SMILES string of the molecule is COC(=O)c1cc(C(=O)NCCCN(C)C)cc(-c2c(C(F)F)oc3ccccc23)c1.Cl. The lowest BCUT2D eigenvalue weighted by molar-refractivity contribution is 0.0600. The number of para-hydroxylation sites is 1. The highest BCUT2D eigenvalue weighted by Gasteiger charge is 2.25. The minimum Gasteiger partial charge on any atom is -0.465 e. The number of fused-ring (bicyclic) bond motifs is 1. The molecule has 9 heteroatoms. The Bertz CT molecular complexity index is 1100. The van der Waals surface area contributed by atoms with Crippen LogP contribution in [0.15, 0.2) is 46.9 Å². The minimum absolute atomic E-state index is 0. The summed E-state index contributed by atoms with van der Waals surface area (Å²) in [5.74, 6) is -1.59. The molecule has 0 spiro atoms. The van der Waals surface area contributed by atoms with Gasteiger partial charge in [-0.15, -0.1) is 12.4 Å². The number of hydrogen-bond acceptors (Lipinski definition) is 5. The predicted molar refractivity (Wildman–Crippen MR) is 121 cm³/mol. The normalized spacial score (nSPS) is 11.0. The van der Waals surface area contributed by atoms with Crippen molar-refractivity contribution in [3.05, 3.63) is 59.4 Å². The second kappa shape index (κ2) is 11.1. The van der Waals surface area contributed by atoms with E-state index in [9.17, 15) is 18.4 Å². The van der Waals surface area contributed by atoms with Crippen LogP contribution in [0.4, 0.5) is 8.78 Å². The van der Waals surface area contributed by atoms with Crippen molar-refractivity contribution in [3.63, 3.8) is 0 Å². The maximum absolute atomic E-state index is 13.7. The molecule has 0 atom stereocenters. The van der Waals surface area contributed by atoms with Crippen LogP contribution in [0.2, 0.25) is 0 Å². The third-order valence-electron chi connectivity index (χ3n) is 4.79. The zero-order valence-corrected chi connectivity index (χ0v) is 18.8. The molecule has 0 aliphatic heterocycles. The highest BCUT2D eigenvalue weighted by molar-refractivity contribution is 6.03. The molecule has 1 N–H and O–H groups in total. The first kappa shape index (κ1) is 25.3. The molecule has 1 heterocycles. The first-order valence-electron chi connectivity index (χ1n) is 9.78. The van der Waals surface area contributed by atoms with E-state index in [1.54, 1.807) is 24.3 Å². The lowest BCUT2D eigenvalue weighted by atomic mass is 9.97. The molecule has 0 unspecified atom stereocenters. The Morgan fingerprint density at radius 2 is 1.81 bits per heavy atom. The molecular weight excluding hydrogens is 442 g/mol. The van der Waals surface area contributed by atoms with Gasteiger partial charge in [-0.25, -0.2) is 13.6 Å². The van der Waals surface area contributed by atoms with Gasteiger partial charge in [0.1, 0.15) is 5.58 Å². The van der Waals surface area contributed by atoms with Gasteiger partial charge in [0.05, 0.1) is 12.7 Å². The number of halogens is 3. The largest absolute Gasteiger partial charge is 0.465 e. The number of ether oxygens (including phenoxy) is 1. The maximum Gasteiger partial charge on any atom is 0.337 e. The van der Waals surface area contributed by atoms with E-state index in [-0.39, 0.29) is 34.7 Å². The Hall–Kier alpha value is -2.97. The van der Waals surface area contributed by atoms with Crippen LogP contribution in [0.1, 0.15) is 39.3 Å². The molecule has 0 bridgehead atoms. The summed E-state index contributed by atoms with van der Waals surface area (Å²) >= 11 is 0. The summed E-state index contributed by atoms with van der Waals surface area (Å²) in [4.78, 5) is 26.9. The van der Waals surface area contributed by atoms with Gasteiger partial charge in [-0.2, -0.15) is 0 Å². The van der Waals surface area contributed by atoms with Gasteiger partial charge in [-0.3, -0.25) is 4.79 Å². The number of methoxy groups -OCH3 is 1. The van der Waals surface area contributed by atoms with E-state index in [1.165, 1.54) is 25.3 Å². The molecule has 32 heavy (non-hydrogen) atoms. The molecule has 172 valence electrons. The maximum atomic E-state index is 13.7. The number of carbonyl (C=O) groups is 2. The topological polar surface area (TPSA) is 71.8 Å². The fraction of sp³-hybridized carbons (Fsp3) is 0.304. The van der Waals surface area contributed by atoms with Gasteiger partial charge in [-0.05, 0) is 56.9 Å². The number of carbonyl (C=O) groups excluding carboxylic acids is 2. The van der Waals surface area contributed by atoms with Gasteiger partial charge in [0, 0.05) is 23.1 Å². The van der Waals surface area contributed by atoms with Crippen LogP contribution in [0.5, 0.6) is 0 Å². The van der Waals surface area contributed by atoms with Crippen LogP contribution in [0.25, 0.3) is 22.1 Å². The Morgan fingerprint density at radius 1 is 1.12 bits per heavy atom. The van der Waals surface area contributed by atoms with E-state index in [4.69, 9.17) is 9.15 Å². The third-order valence-corrected chi connectivity index (χ3v) is 4.79. The Labute approximate surface area is 190 Å². The Balaban J connectivity index is 0.00000363. The van der Waals surface area contributed by atoms with Crippen molar-refractivity contribution in [2.75, 3.05) is 34.3 Å². The molecule has 0 aliphatic carbocycles. The summed E-state index contributed by atoms with van der Waals surface area (Å²) < 4.78 is 37.6. The van der Waals surface area contributed by atoms with E-state index in [1.807, 2.05) is 19.0 Å². The average Bonchev–Trinajstić information content (AvgIpc) is 3.15. The van der Waals surface area contributed by atoms with Crippen molar-refractivity contribution in [1.82, 2.24) is 10.2 Å². The summed E-state index contributed by atoms with van der Waals surface area (Å²) in [6.07, 6.45) is -2.13. The number of nitrogens with one attached hydrogen (secondary N) is 1. The highest BCUT2D eigenvalue weighted by atomic mass is 35.5. The number of hydrogen-bond donors (Lipinski definition) is 1. The summed E-state index contributed by atoms with van der Waals surface area (Å²) in [5.41, 5.74) is 0.989. The number of benzene rings is 2. The highest BCUT2D eigenvalue weighted by Crippen LogP contribution is 2.40. The smallest absolute Gasteiger partial charge is 0.337 e. The second-order valence-electron chi connectivity index (χ2n) is 7.34. The van der Waals surface area contributed by atoms with Crippen LogP contribution in [-0.2, 0) is 4.74 Å². The first-order chi connectivity index (χ1) is 14.8. The zero-order chi connectivity index (χ0) is 22.5. The molecule has 0 aliphatic rings. The van der Waals surface area contributed by atoms with E-state index >= 15 is 0 Å². The molecule has 1 aromatic heterocycles. The van der Waals surface area contributed by atoms with Crippen LogP contribution in [0, 0.1) is 0 Å². The molecule has 1 amide bonds. The zero-order valence-electron chi connectivity index (χ0n) is 18.0. The number of nitrogens with zero attached hydrogens (tertiary/aromatic N) is 1. The van der Waals surface area contributed by atoms with E-state index in [0.29, 0.717) is 17.5 Å². The lowest BCUT2D eigenvalue weighted by Crippen LogP contribution is -2.27. The van der Waals surface area contributed by atoms with Crippen LogP contribution >= 0.6 is 12.4 Å². The number of esters is 1. The quantitative estimate of drug-likeness (QED) is 0.376. The molecule has 3 rings (SSSR count). The molecule has 0 saturated heterocycles. The van der Waals surface area contributed by atoms with Crippen molar-refractivity contribution in [3.8, 4) is 11.1 Å². The molecule has 0 fully saturated rings. The van der Waals surface area contributed by atoms with Crippen molar-refractivity contribution < 1.29 is 27.5 Å². The molecular formula is C23H25ClF2N2O4. The van der Waals surface area contributed by atoms with E-state index in [0.717, 1.165) is 13.0 Å².